The fourth-order valence-electron chi connectivity index (χ4n) is 6.41. The maximum Gasteiger partial charge on any atom is 0.302 e. The first-order valence-electron chi connectivity index (χ1n) is 17.3. The Balaban J connectivity index is 1.42. The third-order valence-corrected chi connectivity index (χ3v) is 9.57. The van der Waals surface area contributed by atoms with Gasteiger partial charge in [0.25, 0.3) is 0 Å². The number of aliphatic hydroxyl groups excluding tert-OH is 9. The summed E-state index contributed by atoms with van der Waals surface area (Å²) in [7, 11) is 0. The molecule has 4 heterocycles. The quantitative estimate of drug-likeness (QED) is 0.0893. The molecule has 6 rings (SSSR count). The van der Waals surface area contributed by atoms with Crippen LogP contribution in [0, 0.1) is 0 Å². The summed E-state index contributed by atoms with van der Waals surface area (Å²) >= 11 is 0. The maximum absolute atomic E-state index is 14.3. The van der Waals surface area contributed by atoms with Gasteiger partial charge in [-0.1, -0.05) is 0 Å². The van der Waals surface area contributed by atoms with Crippen molar-refractivity contribution in [2.24, 2.45) is 0 Å². The number of phenolic OH excluding ortho intramolecular Hbond substituents is 2. The molecule has 3 aliphatic heterocycles. The molecular formula is C35H42O21. The average Bonchev–Trinajstić information content (AvgIpc) is 3.16. The minimum absolute atomic E-state index is 0.0823. The monoisotopic (exact) mass is 798 g/mol. The highest BCUT2D eigenvalue weighted by Crippen LogP contribution is 2.39. The molecule has 0 saturated carbocycles. The van der Waals surface area contributed by atoms with Gasteiger partial charge in [0.15, 0.2) is 18.2 Å². The number of phenols is 2. The van der Waals surface area contributed by atoms with Gasteiger partial charge in [0, 0.05) is 24.6 Å². The third-order valence-electron chi connectivity index (χ3n) is 9.57. The molecule has 0 radical (unpaired) electrons. The van der Waals surface area contributed by atoms with Crippen molar-refractivity contribution in [2.75, 3.05) is 13.2 Å². The van der Waals surface area contributed by atoms with Crippen molar-refractivity contribution in [1.29, 1.82) is 0 Å². The standard InChI is InChI=1S/C35H42O21/c1-11-21(40)25(44)28(47)33(50-11)51-15-7-16(39)20-17(8-15)52-30(13-3-5-14(38)6-4-13)31(24(20)43)55-35-32(27(46)23(42)19(54-35)10-49-12(2)37)56-34-29(48)26(45)22(41)18(9-36)53-34/h3-8,11,18-19,21-23,25-29,32-36,38-42,44-48H,9-10H2,1-2H3/t11-,18+,19+,21-,22+,23-,25+,26-,27-,28+,29+,32+,33-,34-,35-/m0/s1. The molecule has 2 aromatic carbocycles. The molecule has 0 spiro atoms. The molecular weight excluding hydrogens is 756 g/mol. The van der Waals surface area contributed by atoms with Crippen LogP contribution >= 0.6 is 0 Å². The summed E-state index contributed by atoms with van der Waals surface area (Å²) in [5.41, 5.74) is -1.33. The van der Waals surface area contributed by atoms with E-state index >= 15 is 0 Å². The minimum Gasteiger partial charge on any atom is -0.508 e. The third kappa shape index (κ3) is 8.13. The number of benzene rings is 2. The number of hydrogen-bond donors (Lipinski definition) is 11. The van der Waals surface area contributed by atoms with E-state index < -0.39 is 134 Å². The van der Waals surface area contributed by atoms with E-state index in [-0.39, 0.29) is 28.4 Å². The van der Waals surface area contributed by atoms with E-state index in [0.717, 1.165) is 19.1 Å². The summed E-state index contributed by atoms with van der Waals surface area (Å²) in [5.74, 6) is -3.05. The number of aromatic hydroxyl groups is 2. The predicted molar refractivity (Wildman–Crippen MR) is 181 cm³/mol. The normalized spacial score (nSPS) is 36.2. The van der Waals surface area contributed by atoms with Gasteiger partial charge in [0.2, 0.25) is 23.8 Å². The molecule has 0 amide bonds. The Kier molecular flexibility index (Phi) is 12.4. The van der Waals surface area contributed by atoms with Crippen LogP contribution in [0.5, 0.6) is 23.0 Å². The van der Waals surface area contributed by atoms with Crippen LogP contribution in [0.15, 0.2) is 45.6 Å². The fourth-order valence-corrected chi connectivity index (χ4v) is 6.41. The van der Waals surface area contributed by atoms with E-state index in [1.54, 1.807) is 0 Å². The molecule has 1 aromatic heterocycles. The molecule has 0 bridgehead atoms. The van der Waals surface area contributed by atoms with Gasteiger partial charge in [0.1, 0.15) is 95.9 Å². The van der Waals surface area contributed by atoms with Crippen LogP contribution in [0.1, 0.15) is 13.8 Å². The molecule has 11 N–H and O–H groups in total. The minimum atomic E-state index is -2.03. The van der Waals surface area contributed by atoms with Crippen molar-refractivity contribution in [3.05, 3.63) is 46.6 Å². The number of rotatable bonds is 10. The van der Waals surface area contributed by atoms with Gasteiger partial charge in [0.05, 0.1) is 12.7 Å². The van der Waals surface area contributed by atoms with Crippen molar-refractivity contribution in [3.8, 4) is 34.3 Å². The molecule has 3 aromatic rings. The summed E-state index contributed by atoms with van der Waals surface area (Å²) in [6, 6.07) is 7.20. The van der Waals surface area contributed by atoms with Gasteiger partial charge in [-0.2, -0.15) is 0 Å². The highest BCUT2D eigenvalue weighted by atomic mass is 16.8. The van der Waals surface area contributed by atoms with Gasteiger partial charge in [-0.05, 0) is 31.2 Å². The van der Waals surface area contributed by atoms with Crippen LogP contribution in [0.25, 0.3) is 22.3 Å². The lowest BCUT2D eigenvalue weighted by molar-refractivity contribution is -0.358. The number of aliphatic hydroxyl groups is 9. The van der Waals surface area contributed by atoms with E-state index in [1.165, 1.54) is 31.2 Å². The first-order chi connectivity index (χ1) is 26.5. The summed E-state index contributed by atoms with van der Waals surface area (Å²) in [6.45, 7) is 1.00. The number of carbonyl (C=O) groups is 1. The van der Waals surface area contributed by atoms with Gasteiger partial charge >= 0.3 is 5.97 Å². The topological polar surface area (TPSA) is 334 Å². The van der Waals surface area contributed by atoms with Gasteiger partial charge in [-0.3, -0.25) is 9.59 Å². The summed E-state index contributed by atoms with van der Waals surface area (Å²) in [6.07, 6.45) is -25.8. The van der Waals surface area contributed by atoms with Gasteiger partial charge in [-0.25, -0.2) is 0 Å². The van der Waals surface area contributed by atoms with Gasteiger partial charge in [-0.15, -0.1) is 0 Å². The lowest BCUT2D eigenvalue weighted by Gasteiger charge is -2.45. The molecule has 21 nitrogen and oxygen atoms in total. The summed E-state index contributed by atoms with van der Waals surface area (Å²) < 4.78 is 45.2. The van der Waals surface area contributed by atoms with E-state index in [2.05, 4.69) is 0 Å². The van der Waals surface area contributed by atoms with Crippen molar-refractivity contribution in [3.63, 3.8) is 0 Å². The van der Waals surface area contributed by atoms with E-state index in [9.17, 15) is 65.8 Å². The van der Waals surface area contributed by atoms with Crippen LogP contribution in [0.2, 0.25) is 0 Å². The second kappa shape index (κ2) is 16.7. The van der Waals surface area contributed by atoms with Crippen molar-refractivity contribution < 1.29 is 98.5 Å². The van der Waals surface area contributed by atoms with E-state index in [4.69, 9.17) is 37.6 Å². The molecule has 3 saturated heterocycles. The number of carbonyl (C=O) groups excluding carboxylic acids is 1. The number of ether oxygens (including phenoxy) is 7. The summed E-state index contributed by atoms with van der Waals surface area (Å²) in [4.78, 5) is 25.9. The number of esters is 1. The molecule has 0 unspecified atom stereocenters. The largest absolute Gasteiger partial charge is 0.508 e. The van der Waals surface area contributed by atoms with Crippen molar-refractivity contribution in [1.82, 2.24) is 0 Å². The van der Waals surface area contributed by atoms with Crippen LogP contribution < -0.4 is 14.9 Å². The average molecular weight is 799 g/mol. The maximum atomic E-state index is 14.3. The molecule has 15 atom stereocenters. The highest BCUT2D eigenvalue weighted by Gasteiger charge is 2.52. The van der Waals surface area contributed by atoms with Crippen LogP contribution in [0.4, 0.5) is 0 Å². The van der Waals surface area contributed by atoms with E-state index in [0.29, 0.717) is 0 Å². The molecule has 3 aliphatic rings. The second-order valence-electron chi connectivity index (χ2n) is 13.5. The smallest absolute Gasteiger partial charge is 0.302 e. The van der Waals surface area contributed by atoms with Gasteiger partial charge < -0.3 is 93.7 Å². The molecule has 308 valence electrons. The Labute approximate surface area is 315 Å². The molecule has 56 heavy (non-hydrogen) atoms. The Morgan fingerprint density at radius 1 is 0.732 bits per heavy atom. The van der Waals surface area contributed by atoms with Crippen LogP contribution in [-0.2, 0) is 28.5 Å². The second-order valence-corrected chi connectivity index (χ2v) is 13.5. The predicted octanol–water partition coefficient (Wildman–Crippen LogP) is -3.35. The fraction of sp³-hybridized carbons (Fsp3) is 0.543. The SMILES string of the molecule is CC(=O)OC[C@H]1O[C@@H](Oc2c(-c3ccc(O)cc3)oc3cc(O[C@@H]4O[C@@H](C)[C@H](O)[C@@H](O)[C@H]4O)cc(O)c3c2=O)[C@H](O[C@@H]2O[C@H](CO)[C@@H](O)[C@H](O)[C@H]2O)[C@@H](O)[C@H]1O. The number of hydrogen-bond acceptors (Lipinski definition) is 21. The first-order valence-corrected chi connectivity index (χ1v) is 17.3. The Bertz CT molecular complexity index is 1900. The summed E-state index contributed by atoms with van der Waals surface area (Å²) in [5, 5.41) is 114. The van der Waals surface area contributed by atoms with E-state index in [1.807, 2.05) is 0 Å². The molecule has 21 heteroatoms. The molecule has 3 fully saturated rings. The first kappa shape index (κ1) is 41.4. The Hall–Kier alpha value is -4.20. The van der Waals surface area contributed by atoms with Crippen LogP contribution in [0.3, 0.4) is 0 Å². The number of fused-ring (bicyclic) bond motifs is 1. The van der Waals surface area contributed by atoms with Crippen LogP contribution in [-0.4, -0.2) is 167 Å². The zero-order valence-electron chi connectivity index (χ0n) is 29.5. The zero-order valence-corrected chi connectivity index (χ0v) is 29.5. The van der Waals surface area contributed by atoms with Crippen molar-refractivity contribution >= 4 is 16.9 Å². The Morgan fingerprint density at radius 2 is 1.36 bits per heavy atom. The van der Waals surface area contributed by atoms with Crippen molar-refractivity contribution in [2.45, 2.75) is 106 Å². The lowest BCUT2D eigenvalue weighted by atomic mass is 9.97. The lowest BCUT2D eigenvalue weighted by Crippen LogP contribution is -2.65. The highest BCUT2D eigenvalue weighted by molar-refractivity contribution is 5.88. The zero-order chi connectivity index (χ0) is 40.7. The Morgan fingerprint density at radius 3 is 2.02 bits per heavy atom. The molecule has 0 aliphatic carbocycles.